The van der Waals surface area contributed by atoms with Gasteiger partial charge in [-0.3, -0.25) is 4.90 Å². The number of methoxy groups -OCH3 is 2. The molecule has 0 amide bonds. The Hall–Kier alpha value is -1.95. The first-order valence-corrected chi connectivity index (χ1v) is 10.1. The van der Waals surface area contributed by atoms with Crippen molar-refractivity contribution in [1.82, 2.24) is 10.2 Å². The first-order valence-electron chi connectivity index (χ1n) is 9.76. The number of rotatable bonds is 7. The third-order valence-corrected chi connectivity index (χ3v) is 5.26. The van der Waals surface area contributed by atoms with Gasteiger partial charge in [-0.1, -0.05) is 17.7 Å². The van der Waals surface area contributed by atoms with Crippen molar-refractivity contribution in [3.63, 3.8) is 0 Å². The molecule has 0 aromatic heterocycles. The van der Waals surface area contributed by atoms with Crippen LogP contribution in [0.25, 0.3) is 0 Å². The Kier molecular flexibility index (Phi) is 7.43. The Bertz CT molecular complexity index is 776. The molecule has 5 nitrogen and oxygen atoms in total. The summed E-state index contributed by atoms with van der Waals surface area (Å²) in [4.78, 5) is 2.48. The molecule has 6 heteroatoms. The van der Waals surface area contributed by atoms with Gasteiger partial charge in [-0.25, -0.2) is 0 Å². The lowest BCUT2D eigenvalue weighted by Gasteiger charge is -2.32. The molecule has 0 spiro atoms. The summed E-state index contributed by atoms with van der Waals surface area (Å²) in [6.07, 6.45) is 1.09. The van der Waals surface area contributed by atoms with E-state index in [1.54, 1.807) is 14.2 Å². The highest BCUT2D eigenvalue weighted by Crippen LogP contribution is 2.39. The molecule has 0 radical (unpaired) electrons. The van der Waals surface area contributed by atoms with Crippen molar-refractivity contribution in [2.75, 3.05) is 47.0 Å². The normalized spacial score (nSPS) is 16.3. The van der Waals surface area contributed by atoms with Crippen LogP contribution in [-0.2, 0) is 0 Å². The first kappa shape index (κ1) is 20.8. The number of hydrogen-bond acceptors (Lipinski definition) is 5. The van der Waals surface area contributed by atoms with Crippen LogP contribution in [0.4, 0.5) is 0 Å². The summed E-state index contributed by atoms with van der Waals surface area (Å²) in [6, 6.07) is 12.0. The first-order chi connectivity index (χ1) is 13.7. The van der Waals surface area contributed by atoms with Crippen LogP contribution in [0.1, 0.15) is 30.5 Å². The Balaban J connectivity index is 2.10. The van der Waals surface area contributed by atoms with E-state index in [0.29, 0.717) is 11.6 Å². The van der Waals surface area contributed by atoms with Gasteiger partial charge in [-0.2, -0.15) is 0 Å². The van der Waals surface area contributed by atoms with Gasteiger partial charge in [0.25, 0.3) is 0 Å². The highest BCUT2D eigenvalue weighted by molar-refractivity contribution is 6.30. The van der Waals surface area contributed by atoms with E-state index in [9.17, 15) is 0 Å². The molecule has 1 saturated heterocycles. The quantitative estimate of drug-likeness (QED) is 0.751. The molecule has 0 aliphatic carbocycles. The van der Waals surface area contributed by atoms with Crippen molar-refractivity contribution in [1.29, 1.82) is 0 Å². The van der Waals surface area contributed by atoms with Crippen LogP contribution in [0.2, 0.25) is 5.02 Å². The fourth-order valence-corrected chi connectivity index (χ4v) is 3.94. The van der Waals surface area contributed by atoms with Gasteiger partial charge in [0.1, 0.15) is 5.75 Å². The fraction of sp³-hybridized carbons (Fsp3) is 0.455. The summed E-state index contributed by atoms with van der Waals surface area (Å²) in [5.74, 6) is 2.32. The molecule has 0 saturated carbocycles. The van der Waals surface area contributed by atoms with Gasteiger partial charge < -0.3 is 19.5 Å². The molecule has 152 valence electrons. The molecule has 1 heterocycles. The second kappa shape index (κ2) is 10.0. The van der Waals surface area contributed by atoms with Crippen molar-refractivity contribution in [2.45, 2.75) is 19.4 Å². The van der Waals surface area contributed by atoms with Crippen LogP contribution >= 0.6 is 11.6 Å². The van der Waals surface area contributed by atoms with Crippen LogP contribution in [0, 0.1) is 0 Å². The van der Waals surface area contributed by atoms with Gasteiger partial charge in [0.05, 0.1) is 26.9 Å². The van der Waals surface area contributed by atoms with E-state index in [1.807, 2.05) is 31.2 Å². The van der Waals surface area contributed by atoms with E-state index in [0.717, 1.165) is 61.0 Å². The molecule has 2 aromatic rings. The zero-order chi connectivity index (χ0) is 19.9. The topological polar surface area (TPSA) is 43.0 Å². The molecule has 28 heavy (non-hydrogen) atoms. The molecule has 1 atom stereocenters. The SMILES string of the molecule is CCOc1ccc(C(c2cc(Cl)ccc2OC)N2CCCNCC2)cc1OC. The molecular formula is C22H29ClN2O3. The average molecular weight is 405 g/mol. The summed E-state index contributed by atoms with van der Waals surface area (Å²) in [6.45, 7) is 6.48. The van der Waals surface area contributed by atoms with Gasteiger partial charge in [0, 0.05) is 30.2 Å². The third kappa shape index (κ3) is 4.72. The molecule has 1 unspecified atom stereocenters. The van der Waals surface area contributed by atoms with E-state index < -0.39 is 0 Å². The summed E-state index contributed by atoms with van der Waals surface area (Å²) < 4.78 is 17.0. The highest BCUT2D eigenvalue weighted by Gasteiger charge is 2.27. The number of nitrogens with one attached hydrogen (secondary N) is 1. The Morgan fingerprint density at radius 2 is 1.79 bits per heavy atom. The van der Waals surface area contributed by atoms with E-state index in [4.69, 9.17) is 25.8 Å². The lowest BCUT2D eigenvalue weighted by Crippen LogP contribution is -2.33. The van der Waals surface area contributed by atoms with Gasteiger partial charge in [-0.15, -0.1) is 0 Å². The van der Waals surface area contributed by atoms with Gasteiger partial charge >= 0.3 is 0 Å². The van der Waals surface area contributed by atoms with E-state index >= 15 is 0 Å². The van der Waals surface area contributed by atoms with Crippen LogP contribution < -0.4 is 19.5 Å². The van der Waals surface area contributed by atoms with Crippen molar-refractivity contribution < 1.29 is 14.2 Å². The molecule has 1 aliphatic rings. The molecule has 1 fully saturated rings. The van der Waals surface area contributed by atoms with Crippen LogP contribution in [0.5, 0.6) is 17.2 Å². The monoisotopic (exact) mass is 404 g/mol. The maximum Gasteiger partial charge on any atom is 0.161 e. The van der Waals surface area contributed by atoms with Crippen molar-refractivity contribution in [3.8, 4) is 17.2 Å². The Morgan fingerprint density at radius 1 is 1.00 bits per heavy atom. The van der Waals surface area contributed by atoms with Crippen molar-refractivity contribution in [2.24, 2.45) is 0 Å². The third-order valence-electron chi connectivity index (χ3n) is 5.03. The van der Waals surface area contributed by atoms with E-state index in [1.165, 1.54) is 0 Å². The average Bonchev–Trinajstić information content (AvgIpc) is 2.99. The van der Waals surface area contributed by atoms with Crippen molar-refractivity contribution in [3.05, 3.63) is 52.5 Å². The Labute approximate surface area is 172 Å². The maximum absolute atomic E-state index is 6.37. The second-order valence-corrected chi connectivity index (χ2v) is 7.21. The largest absolute Gasteiger partial charge is 0.496 e. The second-order valence-electron chi connectivity index (χ2n) is 6.77. The maximum atomic E-state index is 6.37. The molecular weight excluding hydrogens is 376 g/mol. The summed E-state index contributed by atoms with van der Waals surface area (Å²) >= 11 is 6.37. The predicted octanol–water partition coefficient (Wildman–Crippen LogP) is 4.14. The van der Waals surface area contributed by atoms with Crippen LogP contribution in [-0.4, -0.2) is 51.9 Å². The lowest BCUT2D eigenvalue weighted by molar-refractivity contribution is 0.235. The number of hydrogen-bond donors (Lipinski definition) is 1. The lowest BCUT2D eigenvalue weighted by atomic mass is 9.95. The van der Waals surface area contributed by atoms with Gasteiger partial charge in [0.15, 0.2) is 11.5 Å². The highest BCUT2D eigenvalue weighted by atomic mass is 35.5. The molecule has 3 rings (SSSR count). The molecule has 2 aromatic carbocycles. The zero-order valence-corrected chi connectivity index (χ0v) is 17.6. The summed E-state index contributed by atoms with van der Waals surface area (Å²) in [5.41, 5.74) is 2.19. The summed E-state index contributed by atoms with van der Waals surface area (Å²) in [5, 5.41) is 4.18. The Morgan fingerprint density at radius 3 is 2.54 bits per heavy atom. The summed E-state index contributed by atoms with van der Waals surface area (Å²) in [7, 11) is 3.37. The standard InChI is InChI=1S/C22H29ClN2O3/c1-4-28-20-8-6-16(14-21(20)27-3)22(25-12-5-10-24-11-13-25)18-15-17(23)7-9-19(18)26-2/h6-9,14-15,22,24H,4-5,10-13H2,1-3H3. The predicted molar refractivity (Wildman–Crippen MR) is 113 cm³/mol. The minimum absolute atomic E-state index is 0.0122. The van der Waals surface area contributed by atoms with E-state index in [-0.39, 0.29) is 6.04 Å². The minimum Gasteiger partial charge on any atom is -0.496 e. The number of ether oxygens (including phenoxy) is 3. The minimum atomic E-state index is 0.0122. The molecule has 1 aliphatic heterocycles. The molecule has 1 N–H and O–H groups in total. The van der Waals surface area contributed by atoms with Crippen molar-refractivity contribution >= 4 is 11.6 Å². The molecule has 0 bridgehead atoms. The number of benzene rings is 2. The van der Waals surface area contributed by atoms with Crippen LogP contribution in [0.15, 0.2) is 36.4 Å². The zero-order valence-electron chi connectivity index (χ0n) is 16.8. The van der Waals surface area contributed by atoms with Crippen LogP contribution in [0.3, 0.4) is 0 Å². The smallest absolute Gasteiger partial charge is 0.161 e. The number of halogens is 1. The fourth-order valence-electron chi connectivity index (χ4n) is 3.76. The van der Waals surface area contributed by atoms with E-state index in [2.05, 4.69) is 22.3 Å². The number of nitrogens with zero attached hydrogens (tertiary/aromatic N) is 1. The van der Waals surface area contributed by atoms with Gasteiger partial charge in [0.2, 0.25) is 0 Å². The van der Waals surface area contributed by atoms with Gasteiger partial charge in [-0.05, 0) is 55.8 Å².